The van der Waals surface area contributed by atoms with Crippen molar-refractivity contribution in [2.75, 3.05) is 11.6 Å². The molecule has 0 saturated carbocycles. The van der Waals surface area contributed by atoms with Crippen molar-refractivity contribution in [2.45, 2.75) is 25.0 Å². The second-order valence-corrected chi connectivity index (χ2v) is 5.74. The van der Waals surface area contributed by atoms with E-state index in [0.717, 1.165) is 11.1 Å². The fraction of sp³-hybridized carbons (Fsp3) is 0.250. The molecule has 0 aliphatic carbocycles. The van der Waals surface area contributed by atoms with Gasteiger partial charge in [0.05, 0.1) is 5.69 Å². The van der Waals surface area contributed by atoms with Gasteiger partial charge in [-0.15, -0.1) is 0 Å². The number of anilines is 1. The molecule has 118 valence electrons. The molecule has 0 aliphatic heterocycles. The average Bonchev–Trinajstić information content (AvgIpc) is 2.54. The molecule has 0 spiro atoms. The number of nitrogens with one attached hydrogen (secondary N) is 1. The minimum absolute atomic E-state index is 0.234. The zero-order chi connectivity index (χ0) is 17.0. The molecule has 0 aliphatic rings. The molecule has 2 aromatic rings. The second-order valence-electron chi connectivity index (χ2n) is 4.96. The summed E-state index contributed by atoms with van der Waals surface area (Å²) in [6, 6.07) is 8.85. The molecule has 1 atom stereocenters. The van der Waals surface area contributed by atoms with Gasteiger partial charge in [0.15, 0.2) is 5.16 Å². The van der Waals surface area contributed by atoms with Crippen molar-refractivity contribution < 1.29 is 9.90 Å². The first kappa shape index (κ1) is 16.8. The zero-order valence-corrected chi connectivity index (χ0v) is 13.8. The van der Waals surface area contributed by atoms with Crippen LogP contribution in [0.4, 0.5) is 5.82 Å². The molecule has 7 heteroatoms. The van der Waals surface area contributed by atoms with Crippen LogP contribution >= 0.6 is 11.8 Å². The number of benzene rings is 1. The van der Waals surface area contributed by atoms with E-state index in [4.69, 9.17) is 5.11 Å². The summed E-state index contributed by atoms with van der Waals surface area (Å²) >= 11 is 1.33. The van der Waals surface area contributed by atoms with E-state index < -0.39 is 12.0 Å². The third-order valence-electron chi connectivity index (χ3n) is 3.23. The van der Waals surface area contributed by atoms with Gasteiger partial charge in [0.1, 0.15) is 23.5 Å². The molecule has 6 nitrogen and oxygen atoms in total. The van der Waals surface area contributed by atoms with Gasteiger partial charge < -0.3 is 10.4 Å². The van der Waals surface area contributed by atoms with Gasteiger partial charge in [-0.25, -0.2) is 9.97 Å². The smallest absolute Gasteiger partial charge is 0.325 e. The first-order valence-electron chi connectivity index (χ1n) is 6.88. The number of nitrogens with zero attached hydrogens (tertiary/aromatic N) is 3. The van der Waals surface area contributed by atoms with Crippen LogP contribution in [0.25, 0.3) is 11.3 Å². The van der Waals surface area contributed by atoms with E-state index in [1.165, 1.54) is 18.7 Å². The van der Waals surface area contributed by atoms with Gasteiger partial charge in [-0.1, -0.05) is 41.6 Å². The first-order valence-corrected chi connectivity index (χ1v) is 8.11. The summed E-state index contributed by atoms with van der Waals surface area (Å²) in [5, 5.41) is 21.8. The molecule has 2 N–H and O–H groups in total. The predicted octanol–water partition coefficient (Wildman–Crippen LogP) is 2.93. The van der Waals surface area contributed by atoms with Gasteiger partial charge >= 0.3 is 5.97 Å². The molecule has 0 unspecified atom stereocenters. The topological polar surface area (TPSA) is 98.9 Å². The van der Waals surface area contributed by atoms with Crippen molar-refractivity contribution in [2.24, 2.45) is 0 Å². The van der Waals surface area contributed by atoms with Gasteiger partial charge in [0, 0.05) is 5.56 Å². The highest BCUT2D eigenvalue weighted by Gasteiger charge is 2.19. The molecule has 1 heterocycles. The maximum absolute atomic E-state index is 11.1. The number of aryl methyl sites for hydroxylation is 1. The van der Waals surface area contributed by atoms with Gasteiger partial charge in [0.25, 0.3) is 0 Å². The Morgan fingerprint density at radius 2 is 2.00 bits per heavy atom. The van der Waals surface area contributed by atoms with Gasteiger partial charge in [0.2, 0.25) is 0 Å². The summed E-state index contributed by atoms with van der Waals surface area (Å²) in [6.45, 7) is 3.47. The Hall–Kier alpha value is -2.59. The van der Waals surface area contributed by atoms with Crippen molar-refractivity contribution in [1.82, 2.24) is 9.97 Å². The van der Waals surface area contributed by atoms with E-state index in [2.05, 4.69) is 21.4 Å². The Bertz CT molecular complexity index is 769. The van der Waals surface area contributed by atoms with Crippen LogP contribution in [-0.4, -0.2) is 33.3 Å². The Morgan fingerprint density at radius 3 is 2.52 bits per heavy atom. The van der Waals surface area contributed by atoms with E-state index in [9.17, 15) is 10.1 Å². The maximum Gasteiger partial charge on any atom is 0.325 e. The number of aromatic nitrogens is 2. The minimum Gasteiger partial charge on any atom is -0.480 e. The molecule has 0 saturated heterocycles. The van der Waals surface area contributed by atoms with Crippen molar-refractivity contribution in [3.63, 3.8) is 0 Å². The predicted molar refractivity (Wildman–Crippen MR) is 89.4 cm³/mol. The molecule has 0 bridgehead atoms. The van der Waals surface area contributed by atoms with Gasteiger partial charge in [-0.3, -0.25) is 4.79 Å². The summed E-state index contributed by atoms with van der Waals surface area (Å²) in [5.41, 5.74) is 2.62. The molecule has 0 fully saturated rings. The van der Waals surface area contributed by atoms with E-state index in [1.54, 1.807) is 0 Å². The Morgan fingerprint density at radius 1 is 1.35 bits per heavy atom. The Labute approximate surface area is 138 Å². The number of hydrogen-bond acceptors (Lipinski definition) is 6. The van der Waals surface area contributed by atoms with E-state index in [-0.39, 0.29) is 11.4 Å². The normalized spacial score (nSPS) is 11.6. The highest BCUT2D eigenvalue weighted by atomic mass is 32.2. The summed E-state index contributed by atoms with van der Waals surface area (Å²) in [4.78, 5) is 19.7. The monoisotopic (exact) mass is 328 g/mol. The van der Waals surface area contributed by atoms with Crippen LogP contribution < -0.4 is 5.32 Å². The summed E-state index contributed by atoms with van der Waals surface area (Å²) in [5.74, 6) is -0.785. The lowest BCUT2D eigenvalue weighted by Crippen LogP contribution is -2.26. The number of aliphatic carboxylic acids is 1. The van der Waals surface area contributed by atoms with E-state index in [0.29, 0.717) is 10.9 Å². The Balaban J connectivity index is 2.59. The zero-order valence-electron chi connectivity index (χ0n) is 13.0. The Kier molecular flexibility index (Phi) is 5.19. The summed E-state index contributed by atoms with van der Waals surface area (Å²) in [7, 11) is 0. The molecule has 0 radical (unpaired) electrons. The van der Waals surface area contributed by atoms with Crippen molar-refractivity contribution in [3.05, 3.63) is 35.4 Å². The van der Waals surface area contributed by atoms with Crippen LogP contribution in [0.5, 0.6) is 0 Å². The molecule has 1 aromatic carbocycles. The lowest BCUT2D eigenvalue weighted by molar-refractivity contribution is -0.137. The minimum atomic E-state index is -1.02. The fourth-order valence-corrected chi connectivity index (χ4v) is 2.29. The van der Waals surface area contributed by atoms with E-state index in [1.807, 2.05) is 37.4 Å². The number of thioether (sulfide) groups is 1. The molecular formula is C16H16N4O2S. The molecule has 23 heavy (non-hydrogen) atoms. The van der Waals surface area contributed by atoms with Crippen LogP contribution in [0.15, 0.2) is 29.4 Å². The lowest BCUT2D eigenvalue weighted by Gasteiger charge is -2.14. The van der Waals surface area contributed by atoms with Crippen LogP contribution in [0, 0.1) is 18.3 Å². The highest BCUT2D eigenvalue weighted by molar-refractivity contribution is 7.98. The number of hydrogen-bond donors (Lipinski definition) is 2. The molecule has 1 aromatic heterocycles. The summed E-state index contributed by atoms with van der Waals surface area (Å²) in [6.07, 6.45) is 1.82. The number of nitriles is 1. The third-order valence-corrected chi connectivity index (χ3v) is 3.78. The molecular weight excluding hydrogens is 312 g/mol. The maximum atomic E-state index is 11.1. The van der Waals surface area contributed by atoms with Crippen LogP contribution in [0.1, 0.15) is 18.1 Å². The number of rotatable bonds is 5. The average molecular weight is 328 g/mol. The van der Waals surface area contributed by atoms with Crippen molar-refractivity contribution >= 4 is 23.5 Å². The number of carbonyl (C=O) groups is 1. The van der Waals surface area contributed by atoms with Crippen molar-refractivity contribution in [3.8, 4) is 17.3 Å². The second kappa shape index (κ2) is 7.11. The fourth-order valence-electron chi connectivity index (χ4n) is 1.93. The molecule has 0 amide bonds. The quantitative estimate of drug-likeness (QED) is 0.643. The SMILES string of the molecule is CSc1nc(N[C@H](C)C(=O)O)c(C#N)c(-c2ccc(C)cc2)n1. The van der Waals surface area contributed by atoms with Gasteiger partial charge in [-0.05, 0) is 20.1 Å². The number of carboxylic acids is 1. The van der Waals surface area contributed by atoms with Crippen LogP contribution in [0.2, 0.25) is 0 Å². The van der Waals surface area contributed by atoms with Crippen LogP contribution in [0.3, 0.4) is 0 Å². The standard InChI is InChI=1S/C16H16N4O2S/c1-9-4-6-11(7-5-9)13-12(8-17)14(18-10(2)15(21)22)20-16(19-13)23-3/h4-7,10H,1-3H3,(H,21,22)(H,18,19,20)/t10-/m1/s1. The van der Waals surface area contributed by atoms with E-state index >= 15 is 0 Å². The van der Waals surface area contributed by atoms with Crippen LogP contribution in [-0.2, 0) is 4.79 Å². The highest BCUT2D eigenvalue weighted by Crippen LogP contribution is 2.28. The van der Waals surface area contributed by atoms with Gasteiger partial charge in [-0.2, -0.15) is 5.26 Å². The third kappa shape index (κ3) is 3.79. The lowest BCUT2D eigenvalue weighted by atomic mass is 10.1. The molecule has 2 rings (SSSR count). The number of carboxylic acid groups (broad SMARTS) is 1. The largest absolute Gasteiger partial charge is 0.480 e. The summed E-state index contributed by atoms with van der Waals surface area (Å²) < 4.78 is 0. The first-order chi connectivity index (χ1) is 11.0. The van der Waals surface area contributed by atoms with Crippen molar-refractivity contribution in [1.29, 1.82) is 5.26 Å².